The fourth-order valence-corrected chi connectivity index (χ4v) is 2.96. The Labute approximate surface area is 107 Å². The number of aliphatic hydroxyl groups is 1. The monoisotopic (exact) mass is 273 g/mol. The summed E-state index contributed by atoms with van der Waals surface area (Å²) in [5.74, 6) is 0. The summed E-state index contributed by atoms with van der Waals surface area (Å²) < 4.78 is 25.8. The van der Waals surface area contributed by atoms with Crippen LogP contribution < -0.4 is 5.73 Å². The Hall–Kier alpha value is -1.02. The lowest BCUT2D eigenvalue weighted by atomic mass is 10.4. The summed E-state index contributed by atoms with van der Waals surface area (Å²) >= 11 is 0. The Morgan fingerprint density at radius 1 is 1.44 bits per heavy atom. The summed E-state index contributed by atoms with van der Waals surface area (Å²) in [4.78, 5) is 4.13. The van der Waals surface area contributed by atoms with Gasteiger partial charge in [-0.25, -0.2) is 8.42 Å². The summed E-state index contributed by atoms with van der Waals surface area (Å²) in [6.07, 6.45) is 1.74. The van der Waals surface area contributed by atoms with Crippen molar-refractivity contribution in [3.63, 3.8) is 0 Å². The van der Waals surface area contributed by atoms with Crippen LogP contribution in [0.4, 0.5) is 0 Å². The minimum absolute atomic E-state index is 0.0314. The Balaban J connectivity index is 2.95. The maximum absolute atomic E-state index is 12.2. The second-order valence-corrected chi connectivity index (χ2v) is 5.70. The molecule has 1 aromatic rings. The molecule has 0 saturated heterocycles. The molecule has 0 bridgehead atoms. The van der Waals surface area contributed by atoms with Gasteiger partial charge in [-0.05, 0) is 18.6 Å². The highest BCUT2D eigenvalue weighted by Crippen LogP contribution is 2.15. The van der Waals surface area contributed by atoms with E-state index in [1.807, 2.05) is 0 Å². The van der Waals surface area contributed by atoms with Crippen LogP contribution in [0.3, 0.4) is 0 Å². The molecule has 6 nitrogen and oxygen atoms in total. The molecular formula is C11H19N3O3S. The van der Waals surface area contributed by atoms with E-state index < -0.39 is 10.0 Å². The number of hydrogen-bond donors (Lipinski definition) is 2. The van der Waals surface area contributed by atoms with Gasteiger partial charge in [0.1, 0.15) is 4.90 Å². The lowest BCUT2D eigenvalue weighted by molar-refractivity contribution is 0.271. The molecule has 3 N–H and O–H groups in total. The van der Waals surface area contributed by atoms with Crippen molar-refractivity contribution in [1.82, 2.24) is 9.29 Å². The van der Waals surface area contributed by atoms with Gasteiger partial charge in [-0.15, -0.1) is 0 Å². The highest BCUT2D eigenvalue weighted by Gasteiger charge is 2.22. The van der Waals surface area contributed by atoms with Gasteiger partial charge < -0.3 is 10.8 Å². The third-order valence-electron chi connectivity index (χ3n) is 2.56. The molecule has 0 amide bonds. The third-order valence-corrected chi connectivity index (χ3v) is 4.52. The largest absolute Gasteiger partial charge is 0.396 e. The van der Waals surface area contributed by atoms with Gasteiger partial charge in [-0.3, -0.25) is 4.98 Å². The molecule has 1 aromatic heterocycles. The molecule has 1 heterocycles. The van der Waals surface area contributed by atoms with Crippen LogP contribution in [0.15, 0.2) is 23.2 Å². The molecule has 0 aromatic carbocycles. The number of nitrogens with two attached hydrogens (primary N) is 1. The molecule has 0 radical (unpaired) electrons. The Bertz CT molecular complexity index is 459. The van der Waals surface area contributed by atoms with E-state index in [1.165, 1.54) is 16.6 Å². The number of rotatable bonds is 7. The van der Waals surface area contributed by atoms with Gasteiger partial charge in [-0.2, -0.15) is 4.31 Å². The van der Waals surface area contributed by atoms with Crippen molar-refractivity contribution in [2.24, 2.45) is 5.73 Å². The van der Waals surface area contributed by atoms with E-state index in [4.69, 9.17) is 10.8 Å². The zero-order chi connectivity index (χ0) is 13.6. The third kappa shape index (κ3) is 3.49. The van der Waals surface area contributed by atoms with Crippen LogP contribution in [0.2, 0.25) is 0 Å². The highest BCUT2D eigenvalue weighted by molar-refractivity contribution is 7.89. The zero-order valence-corrected chi connectivity index (χ0v) is 11.2. The molecule has 0 aliphatic heterocycles. The molecule has 0 unspecified atom stereocenters. The van der Waals surface area contributed by atoms with Crippen molar-refractivity contribution < 1.29 is 13.5 Å². The second kappa shape index (κ2) is 6.79. The van der Waals surface area contributed by atoms with E-state index in [9.17, 15) is 8.42 Å². The molecule has 0 aliphatic rings. The van der Waals surface area contributed by atoms with Gasteiger partial charge in [0.2, 0.25) is 10.0 Å². The maximum Gasteiger partial charge on any atom is 0.244 e. The van der Waals surface area contributed by atoms with Gasteiger partial charge in [0.25, 0.3) is 0 Å². The lowest BCUT2D eigenvalue weighted by Crippen LogP contribution is -2.32. The summed E-state index contributed by atoms with van der Waals surface area (Å²) in [7, 11) is -3.53. The van der Waals surface area contributed by atoms with E-state index >= 15 is 0 Å². The standard InChI is InChI=1S/C11H19N3O3S/c1-2-14(6-3-7-15)18(16,17)11-5-4-10(8-12)13-9-11/h4-5,9,15H,2-3,6-8,12H2,1H3. The van der Waals surface area contributed by atoms with Crippen LogP contribution >= 0.6 is 0 Å². The van der Waals surface area contributed by atoms with Gasteiger partial charge in [0.05, 0.1) is 5.69 Å². The first-order valence-corrected chi connectivity index (χ1v) is 7.26. The van der Waals surface area contributed by atoms with E-state index in [2.05, 4.69) is 4.98 Å². The Morgan fingerprint density at radius 2 is 2.17 bits per heavy atom. The number of nitrogens with zero attached hydrogens (tertiary/aromatic N) is 2. The van der Waals surface area contributed by atoms with E-state index in [0.717, 1.165) is 0 Å². The first-order valence-electron chi connectivity index (χ1n) is 5.82. The average molecular weight is 273 g/mol. The summed E-state index contributed by atoms with van der Waals surface area (Å²) in [6.45, 7) is 2.67. The molecule has 0 atom stereocenters. The molecular weight excluding hydrogens is 254 g/mol. The van der Waals surface area contributed by atoms with Crippen molar-refractivity contribution in [3.8, 4) is 0 Å². The number of hydrogen-bond acceptors (Lipinski definition) is 5. The van der Waals surface area contributed by atoms with E-state index in [1.54, 1.807) is 13.0 Å². The summed E-state index contributed by atoms with van der Waals surface area (Å²) in [5, 5.41) is 8.77. The van der Waals surface area contributed by atoms with Crippen LogP contribution in [-0.4, -0.2) is 42.5 Å². The molecule has 7 heteroatoms. The fraction of sp³-hybridized carbons (Fsp3) is 0.545. The quantitative estimate of drug-likeness (QED) is 0.725. The van der Waals surface area contributed by atoms with Crippen molar-refractivity contribution in [2.45, 2.75) is 24.8 Å². The van der Waals surface area contributed by atoms with Crippen LogP contribution in [0.1, 0.15) is 19.0 Å². The summed E-state index contributed by atoms with van der Waals surface area (Å²) in [6, 6.07) is 3.11. The van der Waals surface area contributed by atoms with Gasteiger partial charge in [0.15, 0.2) is 0 Å². The normalized spacial score (nSPS) is 12.0. The molecule has 0 fully saturated rings. The van der Waals surface area contributed by atoms with Crippen LogP contribution in [0, 0.1) is 0 Å². The van der Waals surface area contributed by atoms with Gasteiger partial charge in [0, 0.05) is 32.4 Å². The predicted molar refractivity (Wildman–Crippen MR) is 68.3 cm³/mol. The van der Waals surface area contributed by atoms with Gasteiger partial charge >= 0.3 is 0 Å². The summed E-state index contributed by atoms with van der Waals surface area (Å²) in [5.41, 5.74) is 6.06. The van der Waals surface area contributed by atoms with Crippen molar-refractivity contribution in [1.29, 1.82) is 0 Å². The Kier molecular flexibility index (Phi) is 5.67. The van der Waals surface area contributed by atoms with E-state index in [0.29, 0.717) is 25.2 Å². The first kappa shape index (κ1) is 15.0. The van der Waals surface area contributed by atoms with Crippen molar-refractivity contribution in [3.05, 3.63) is 24.0 Å². The van der Waals surface area contributed by atoms with Crippen molar-refractivity contribution >= 4 is 10.0 Å². The topological polar surface area (TPSA) is 96.5 Å². The maximum atomic E-state index is 12.2. The average Bonchev–Trinajstić information content (AvgIpc) is 2.39. The minimum atomic E-state index is -3.53. The van der Waals surface area contributed by atoms with Crippen LogP contribution in [-0.2, 0) is 16.6 Å². The van der Waals surface area contributed by atoms with Crippen LogP contribution in [0.5, 0.6) is 0 Å². The van der Waals surface area contributed by atoms with Crippen molar-refractivity contribution in [2.75, 3.05) is 19.7 Å². The fourth-order valence-electron chi connectivity index (χ4n) is 1.53. The number of aromatic nitrogens is 1. The molecule has 0 saturated carbocycles. The van der Waals surface area contributed by atoms with Gasteiger partial charge in [-0.1, -0.05) is 6.92 Å². The zero-order valence-electron chi connectivity index (χ0n) is 10.4. The molecule has 18 heavy (non-hydrogen) atoms. The number of pyridine rings is 1. The second-order valence-electron chi connectivity index (χ2n) is 3.76. The molecule has 0 aliphatic carbocycles. The molecule has 102 valence electrons. The smallest absolute Gasteiger partial charge is 0.244 e. The SMILES string of the molecule is CCN(CCCO)S(=O)(=O)c1ccc(CN)nc1. The highest BCUT2D eigenvalue weighted by atomic mass is 32.2. The Morgan fingerprint density at radius 3 is 2.61 bits per heavy atom. The van der Waals surface area contributed by atoms with Crippen LogP contribution in [0.25, 0.3) is 0 Å². The number of sulfonamides is 1. The van der Waals surface area contributed by atoms with E-state index in [-0.39, 0.29) is 18.0 Å². The molecule has 0 spiro atoms. The first-order chi connectivity index (χ1) is 8.56. The minimum Gasteiger partial charge on any atom is -0.396 e. The lowest BCUT2D eigenvalue weighted by Gasteiger charge is -2.19. The predicted octanol–water partition coefficient (Wildman–Crippen LogP) is -0.0667. The molecule has 1 rings (SSSR count). The number of aliphatic hydroxyl groups excluding tert-OH is 1.